The van der Waals surface area contributed by atoms with Crippen molar-refractivity contribution >= 4 is 38.1 Å². The fourth-order valence-electron chi connectivity index (χ4n) is 2.89. The van der Waals surface area contributed by atoms with Gasteiger partial charge in [-0.25, -0.2) is 18.1 Å². The largest absolute Gasteiger partial charge is 0.389 e. The third-order valence-electron chi connectivity index (χ3n) is 4.61. The normalized spacial score (nSPS) is 16.8. The second-order valence-electron chi connectivity index (χ2n) is 7.53. The van der Waals surface area contributed by atoms with Crippen molar-refractivity contribution in [3.8, 4) is 0 Å². The number of nitrogens with zero attached hydrogens (tertiary/aromatic N) is 3. The van der Waals surface area contributed by atoms with Gasteiger partial charge in [0.1, 0.15) is 0 Å². The summed E-state index contributed by atoms with van der Waals surface area (Å²) in [5.74, 6) is -0.666. The van der Waals surface area contributed by atoms with Crippen LogP contribution in [0.2, 0.25) is 0 Å². The third kappa shape index (κ3) is 7.54. The van der Waals surface area contributed by atoms with E-state index in [1.807, 2.05) is 19.0 Å². The molecular weight excluding hydrogens is 473 g/mol. The zero-order valence-electron chi connectivity index (χ0n) is 18.3. The number of hydrogen-bond donors (Lipinski definition) is 2. The van der Waals surface area contributed by atoms with Gasteiger partial charge in [0.05, 0.1) is 24.3 Å². The number of benzene rings is 1. The van der Waals surface area contributed by atoms with Gasteiger partial charge in [-0.1, -0.05) is 28.6 Å². The Morgan fingerprint density at radius 1 is 1.36 bits per heavy atom. The van der Waals surface area contributed by atoms with Crippen LogP contribution >= 0.6 is 11.3 Å². The molecule has 1 fully saturated rings. The molecule has 2 aromatic rings. The lowest BCUT2D eigenvalue weighted by Crippen LogP contribution is -2.27. The molecule has 0 aliphatic carbocycles. The Balaban J connectivity index is 1.75. The quantitative estimate of drug-likeness (QED) is 0.274. The first kappa shape index (κ1) is 25.2. The molecule has 2 N–H and O–H groups in total. The Morgan fingerprint density at radius 3 is 2.73 bits per heavy atom. The standard InChI is InChI=1S/C20H26FN5O5S2/c1-26(2)10-3-9-23-33(28,29)16-6-4-14(5-7-16)18(25-31-15-8-11-30-13-15)19(27)24-20-22-12-17(21)32-20/h4-7,12,15,23H,3,8-11,13H2,1-2H3,(H,22,24,27)/b25-18+/t15-/m1/s1. The van der Waals surface area contributed by atoms with Crippen molar-refractivity contribution in [2.45, 2.75) is 23.8 Å². The number of rotatable bonds is 11. The number of carbonyl (C=O) groups excluding carboxylic acids is 1. The Morgan fingerprint density at radius 2 is 2.12 bits per heavy atom. The molecule has 1 aromatic carbocycles. The van der Waals surface area contributed by atoms with Crippen molar-refractivity contribution in [2.75, 3.05) is 45.7 Å². The zero-order chi connectivity index (χ0) is 23.8. The van der Waals surface area contributed by atoms with Crippen molar-refractivity contribution in [3.05, 3.63) is 41.2 Å². The topological polar surface area (TPSA) is 122 Å². The highest BCUT2D eigenvalue weighted by atomic mass is 32.2. The smallest absolute Gasteiger partial charge is 0.280 e. The maximum Gasteiger partial charge on any atom is 0.280 e. The van der Waals surface area contributed by atoms with Gasteiger partial charge in [0.15, 0.2) is 22.1 Å². The summed E-state index contributed by atoms with van der Waals surface area (Å²) in [5.41, 5.74) is 0.232. The SMILES string of the molecule is CN(C)CCCNS(=O)(=O)c1ccc(/C(=N\O[C@@H]2CCOC2)C(=O)Nc2ncc(F)s2)cc1. The molecule has 0 unspecified atom stereocenters. The number of hydrogen-bond acceptors (Lipinski definition) is 9. The second-order valence-corrected chi connectivity index (χ2v) is 10.3. The van der Waals surface area contributed by atoms with E-state index in [2.05, 4.69) is 20.2 Å². The molecule has 1 atom stereocenters. The van der Waals surface area contributed by atoms with Crippen LogP contribution in [0.3, 0.4) is 0 Å². The Kier molecular flexibility index (Phi) is 8.86. The van der Waals surface area contributed by atoms with E-state index >= 15 is 0 Å². The predicted octanol–water partition coefficient (Wildman–Crippen LogP) is 1.66. The summed E-state index contributed by atoms with van der Waals surface area (Å²) in [6.45, 7) is 1.95. The van der Waals surface area contributed by atoms with Gasteiger partial charge in [-0.3, -0.25) is 10.1 Å². The number of ether oxygens (including phenoxy) is 1. The summed E-state index contributed by atoms with van der Waals surface area (Å²) >= 11 is 0.673. The summed E-state index contributed by atoms with van der Waals surface area (Å²) in [7, 11) is 0.129. The van der Waals surface area contributed by atoms with E-state index in [0.29, 0.717) is 49.5 Å². The first-order chi connectivity index (χ1) is 15.7. The molecule has 13 heteroatoms. The van der Waals surface area contributed by atoms with Crippen LogP contribution in [0.4, 0.5) is 9.52 Å². The van der Waals surface area contributed by atoms with E-state index in [1.165, 1.54) is 24.3 Å². The van der Waals surface area contributed by atoms with Crippen LogP contribution in [0.25, 0.3) is 0 Å². The molecule has 2 heterocycles. The van der Waals surface area contributed by atoms with Gasteiger partial charge in [0, 0.05) is 18.5 Å². The number of amides is 1. The molecule has 33 heavy (non-hydrogen) atoms. The van der Waals surface area contributed by atoms with Crippen LogP contribution in [0, 0.1) is 5.13 Å². The van der Waals surface area contributed by atoms with Gasteiger partial charge < -0.3 is 14.5 Å². The lowest BCUT2D eigenvalue weighted by atomic mass is 10.1. The van der Waals surface area contributed by atoms with Crippen molar-refractivity contribution < 1.29 is 27.2 Å². The molecule has 1 saturated heterocycles. The van der Waals surface area contributed by atoms with Crippen LogP contribution in [-0.4, -0.2) is 76.4 Å². The summed E-state index contributed by atoms with van der Waals surface area (Å²) in [6, 6.07) is 5.69. The van der Waals surface area contributed by atoms with Gasteiger partial charge in [-0.2, -0.15) is 4.39 Å². The average Bonchev–Trinajstić information content (AvgIpc) is 3.43. The van der Waals surface area contributed by atoms with Crippen LogP contribution in [0.15, 0.2) is 40.5 Å². The minimum atomic E-state index is -3.70. The van der Waals surface area contributed by atoms with Gasteiger partial charge in [-0.15, -0.1) is 0 Å². The molecule has 1 amide bonds. The van der Waals surface area contributed by atoms with E-state index in [-0.39, 0.29) is 21.8 Å². The summed E-state index contributed by atoms with van der Waals surface area (Å²) in [5, 5.41) is 5.98. The summed E-state index contributed by atoms with van der Waals surface area (Å²) in [4.78, 5) is 24.0. The van der Waals surface area contributed by atoms with Crippen LogP contribution in [0.5, 0.6) is 0 Å². The fraction of sp³-hybridized carbons (Fsp3) is 0.450. The molecule has 1 aliphatic heterocycles. The summed E-state index contributed by atoms with van der Waals surface area (Å²) < 4.78 is 46.1. The van der Waals surface area contributed by atoms with Crippen LogP contribution in [-0.2, 0) is 24.4 Å². The van der Waals surface area contributed by atoms with Crippen molar-refractivity contribution in [3.63, 3.8) is 0 Å². The molecule has 10 nitrogen and oxygen atoms in total. The molecule has 1 aliphatic rings. The maximum absolute atomic E-state index is 13.2. The van der Waals surface area contributed by atoms with Crippen molar-refractivity contribution in [1.82, 2.24) is 14.6 Å². The highest BCUT2D eigenvalue weighted by Crippen LogP contribution is 2.18. The number of oxime groups is 1. The number of halogens is 1. The summed E-state index contributed by atoms with van der Waals surface area (Å²) in [6.07, 6.45) is 2.00. The number of carbonyl (C=O) groups is 1. The number of thiazole rings is 1. The number of nitrogens with one attached hydrogen (secondary N) is 2. The van der Waals surface area contributed by atoms with Gasteiger partial charge in [0.2, 0.25) is 10.0 Å². The lowest BCUT2D eigenvalue weighted by molar-refractivity contribution is -0.110. The minimum absolute atomic E-state index is 0.0583. The second kappa shape index (κ2) is 11.6. The Hall–Kier alpha value is -2.45. The van der Waals surface area contributed by atoms with E-state index in [4.69, 9.17) is 9.57 Å². The fourth-order valence-corrected chi connectivity index (χ4v) is 4.51. The van der Waals surface area contributed by atoms with Gasteiger partial charge >= 0.3 is 0 Å². The molecule has 1 aromatic heterocycles. The minimum Gasteiger partial charge on any atom is -0.389 e. The van der Waals surface area contributed by atoms with E-state index in [0.717, 1.165) is 12.7 Å². The lowest BCUT2D eigenvalue weighted by Gasteiger charge is -2.12. The molecular formula is C20H26FN5O5S2. The number of aromatic nitrogens is 1. The highest BCUT2D eigenvalue weighted by Gasteiger charge is 2.22. The van der Waals surface area contributed by atoms with Crippen molar-refractivity contribution in [2.24, 2.45) is 5.16 Å². The number of sulfonamides is 1. The predicted molar refractivity (Wildman–Crippen MR) is 122 cm³/mol. The molecule has 0 spiro atoms. The van der Waals surface area contributed by atoms with Crippen LogP contribution in [0.1, 0.15) is 18.4 Å². The Labute approximate surface area is 195 Å². The van der Waals surface area contributed by atoms with Gasteiger partial charge in [0.25, 0.3) is 5.91 Å². The molecule has 0 saturated carbocycles. The first-order valence-corrected chi connectivity index (χ1v) is 12.5. The van der Waals surface area contributed by atoms with E-state index in [1.54, 1.807) is 0 Å². The molecule has 180 valence electrons. The first-order valence-electron chi connectivity index (χ1n) is 10.2. The van der Waals surface area contributed by atoms with Crippen LogP contribution < -0.4 is 10.0 Å². The molecule has 0 radical (unpaired) electrons. The van der Waals surface area contributed by atoms with Crippen molar-refractivity contribution in [1.29, 1.82) is 0 Å². The van der Waals surface area contributed by atoms with E-state index < -0.39 is 21.1 Å². The average molecular weight is 500 g/mol. The maximum atomic E-state index is 13.2. The third-order valence-corrected chi connectivity index (χ3v) is 6.78. The zero-order valence-corrected chi connectivity index (χ0v) is 19.9. The molecule has 0 bridgehead atoms. The Bertz CT molecular complexity index is 1070. The molecule has 3 rings (SSSR count). The van der Waals surface area contributed by atoms with E-state index in [9.17, 15) is 17.6 Å². The monoisotopic (exact) mass is 499 g/mol. The highest BCUT2D eigenvalue weighted by molar-refractivity contribution is 7.89. The van der Waals surface area contributed by atoms with Gasteiger partial charge in [-0.05, 0) is 39.2 Å². The number of anilines is 1.